The fourth-order valence-electron chi connectivity index (χ4n) is 1.96. The van der Waals surface area contributed by atoms with Gasteiger partial charge in [-0.1, -0.05) is 12.1 Å². The van der Waals surface area contributed by atoms with Crippen molar-refractivity contribution in [3.8, 4) is 0 Å². The molecule has 1 aromatic rings. The summed E-state index contributed by atoms with van der Waals surface area (Å²) >= 11 is 0. The summed E-state index contributed by atoms with van der Waals surface area (Å²) in [5.74, 6) is -1.19. The van der Waals surface area contributed by atoms with Crippen LogP contribution in [0.4, 0.5) is 5.69 Å². The SMILES string of the molecule is COC(=O)c1ccccc1N(CC(=O)NC(C)(C)C)C(C)=O. The Morgan fingerprint density at radius 2 is 1.77 bits per heavy atom. The van der Waals surface area contributed by atoms with E-state index in [2.05, 4.69) is 5.32 Å². The van der Waals surface area contributed by atoms with Crippen LogP contribution in [0.5, 0.6) is 0 Å². The molecule has 1 rings (SSSR count). The quantitative estimate of drug-likeness (QED) is 0.860. The van der Waals surface area contributed by atoms with Crippen molar-refractivity contribution in [3.05, 3.63) is 29.8 Å². The van der Waals surface area contributed by atoms with E-state index in [1.54, 1.807) is 24.3 Å². The second kappa shape index (κ2) is 7.06. The highest BCUT2D eigenvalue weighted by Gasteiger charge is 2.23. The minimum Gasteiger partial charge on any atom is -0.465 e. The fraction of sp³-hybridized carbons (Fsp3) is 0.438. The monoisotopic (exact) mass is 306 g/mol. The number of para-hydroxylation sites is 1. The Bertz CT molecular complexity index is 576. The van der Waals surface area contributed by atoms with E-state index in [4.69, 9.17) is 4.74 Å². The van der Waals surface area contributed by atoms with Crippen LogP contribution in [0, 0.1) is 0 Å². The van der Waals surface area contributed by atoms with Gasteiger partial charge < -0.3 is 15.0 Å². The number of anilines is 1. The maximum Gasteiger partial charge on any atom is 0.339 e. The van der Waals surface area contributed by atoms with Crippen LogP contribution in [0.25, 0.3) is 0 Å². The lowest BCUT2D eigenvalue weighted by Crippen LogP contribution is -2.47. The lowest BCUT2D eigenvalue weighted by atomic mass is 10.1. The summed E-state index contributed by atoms with van der Waals surface area (Å²) in [7, 11) is 1.27. The van der Waals surface area contributed by atoms with E-state index in [-0.39, 0.29) is 23.9 Å². The summed E-state index contributed by atoms with van der Waals surface area (Å²) in [6.07, 6.45) is 0. The highest BCUT2D eigenvalue weighted by atomic mass is 16.5. The van der Waals surface area contributed by atoms with Crippen LogP contribution < -0.4 is 10.2 Å². The van der Waals surface area contributed by atoms with E-state index >= 15 is 0 Å². The first-order chi connectivity index (χ1) is 10.2. The van der Waals surface area contributed by atoms with Gasteiger partial charge in [-0.3, -0.25) is 9.59 Å². The fourth-order valence-corrected chi connectivity index (χ4v) is 1.96. The molecule has 0 heterocycles. The summed E-state index contributed by atoms with van der Waals surface area (Å²) in [5, 5.41) is 2.79. The molecule has 0 aliphatic heterocycles. The Labute approximate surface area is 130 Å². The third kappa shape index (κ3) is 4.87. The molecule has 2 amide bonds. The van der Waals surface area contributed by atoms with Gasteiger partial charge >= 0.3 is 5.97 Å². The summed E-state index contributed by atoms with van der Waals surface area (Å²) in [6, 6.07) is 6.53. The van der Waals surface area contributed by atoms with Crippen molar-refractivity contribution >= 4 is 23.5 Å². The van der Waals surface area contributed by atoms with Gasteiger partial charge in [0.25, 0.3) is 0 Å². The number of benzene rings is 1. The molecule has 0 saturated heterocycles. The maximum atomic E-state index is 12.1. The van der Waals surface area contributed by atoms with Gasteiger partial charge in [0.15, 0.2) is 0 Å². The van der Waals surface area contributed by atoms with Gasteiger partial charge in [-0.25, -0.2) is 4.79 Å². The molecule has 1 aromatic carbocycles. The number of carbonyl (C=O) groups excluding carboxylic acids is 3. The summed E-state index contributed by atoms with van der Waals surface area (Å²) in [5.41, 5.74) is 0.191. The molecule has 0 atom stereocenters. The average molecular weight is 306 g/mol. The van der Waals surface area contributed by atoms with Gasteiger partial charge in [0.2, 0.25) is 11.8 Å². The topological polar surface area (TPSA) is 75.7 Å². The molecule has 0 spiro atoms. The number of amides is 2. The smallest absolute Gasteiger partial charge is 0.339 e. The van der Waals surface area contributed by atoms with Crippen LogP contribution in [0.15, 0.2) is 24.3 Å². The van der Waals surface area contributed by atoms with E-state index in [1.807, 2.05) is 20.8 Å². The van der Waals surface area contributed by atoms with Crippen molar-refractivity contribution in [1.29, 1.82) is 0 Å². The zero-order chi connectivity index (χ0) is 16.9. The molecule has 120 valence electrons. The molecular formula is C16H22N2O4. The second-order valence-corrected chi connectivity index (χ2v) is 5.91. The van der Waals surface area contributed by atoms with Crippen molar-refractivity contribution in [1.82, 2.24) is 5.32 Å². The summed E-state index contributed by atoms with van der Waals surface area (Å²) in [6.45, 7) is 6.74. The molecule has 22 heavy (non-hydrogen) atoms. The zero-order valence-electron chi connectivity index (χ0n) is 13.6. The molecule has 0 radical (unpaired) electrons. The van der Waals surface area contributed by atoms with Crippen molar-refractivity contribution < 1.29 is 19.1 Å². The number of ether oxygens (including phenoxy) is 1. The molecule has 0 aromatic heterocycles. The van der Waals surface area contributed by atoms with Crippen molar-refractivity contribution in [2.24, 2.45) is 0 Å². The third-order valence-electron chi connectivity index (χ3n) is 2.80. The third-order valence-corrected chi connectivity index (χ3v) is 2.80. The predicted octanol–water partition coefficient (Wildman–Crippen LogP) is 1.74. The van der Waals surface area contributed by atoms with Crippen LogP contribution >= 0.6 is 0 Å². The number of nitrogens with one attached hydrogen (secondary N) is 1. The highest BCUT2D eigenvalue weighted by Crippen LogP contribution is 2.21. The van der Waals surface area contributed by atoms with Gasteiger partial charge in [0.05, 0.1) is 18.4 Å². The first-order valence-electron chi connectivity index (χ1n) is 6.92. The van der Waals surface area contributed by atoms with E-state index < -0.39 is 11.5 Å². The van der Waals surface area contributed by atoms with Gasteiger partial charge in [-0.05, 0) is 32.9 Å². The Balaban J connectivity index is 3.10. The Morgan fingerprint density at radius 3 is 2.27 bits per heavy atom. The van der Waals surface area contributed by atoms with E-state index in [0.717, 1.165) is 0 Å². The standard InChI is InChI=1S/C16H22N2O4/c1-11(19)18(10-14(20)17-16(2,3)4)13-9-7-6-8-12(13)15(21)22-5/h6-9H,10H2,1-5H3,(H,17,20). The Hall–Kier alpha value is -2.37. The highest BCUT2D eigenvalue weighted by molar-refractivity contribution is 6.04. The van der Waals surface area contributed by atoms with Gasteiger partial charge in [-0.2, -0.15) is 0 Å². The summed E-state index contributed by atoms with van der Waals surface area (Å²) in [4.78, 5) is 37.1. The lowest BCUT2D eigenvalue weighted by molar-refractivity contribution is -0.124. The van der Waals surface area contributed by atoms with E-state index in [0.29, 0.717) is 5.69 Å². The van der Waals surface area contributed by atoms with E-state index in [9.17, 15) is 14.4 Å². The van der Waals surface area contributed by atoms with Crippen LogP contribution in [0.3, 0.4) is 0 Å². The largest absolute Gasteiger partial charge is 0.465 e. The Kier molecular flexibility index (Phi) is 5.68. The summed E-state index contributed by atoms with van der Waals surface area (Å²) < 4.78 is 4.71. The van der Waals surface area contributed by atoms with E-state index in [1.165, 1.54) is 18.9 Å². The molecule has 0 saturated carbocycles. The first kappa shape index (κ1) is 17.7. The average Bonchev–Trinajstić information content (AvgIpc) is 2.41. The number of hydrogen-bond donors (Lipinski definition) is 1. The van der Waals surface area contributed by atoms with Gasteiger partial charge in [0, 0.05) is 12.5 Å². The number of nitrogens with zero attached hydrogens (tertiary/aromatic N) is 1. The van der Waals surface area contributed by atoms with Crippen molar-refractivity contribution in [3.63, 3.8) is 0 Å². The lowest BCUT2D eigenvalue weighted by Gasteiger charge is -2.26. The van der Waals surface area contributed by atoms with Crippen LogP contribution in [-0.4, -0.2) is 37.0 Å². The van der Waals surface area contributed by atoms with Gasteiger partial charge in [0.1, 0.15) is 6.54 Å². The van der Waals surface area contributed by atoms with Gasteiger partial charge in [-0.15, -0.1) is 0 Å². The molecule has 1 N–H and O–H groups in total. The van der Waals surface area contributed by atoms with Crippen LogP contribution in [0.1, 0.15) is 38.1 Å². The molecule has 0 aliphatic carbocycles. The molecule has 6 nitrogen and oxygen atoms in total. The normalized spacial score (nSPS) is 10.8. The van der Waals surface area contributed by atoms with Crippen LogP contribution in [-0.2, 0) is 14.3 Å². The Morgan fingerprint density at radius 1 is 1.18 bits per heavy atom. The van der Waals surface area contributed by atoms with Crippen molar-refractivity contribution in [2.75, 3.05) is 18.6 Å². The second-order valence-electron chi connectivity index (χ2n) is 5.91. The molecule has 0 unspecified atom stereocenters. The molecule has 0 aliphatic rings. The molecule has 6 heteroatoms. The van der Waals surface area contributed by atoms with Crippen molar-refractivity contribution in [2.45, 2.75) is 33.2 Å². The minimum absolute atomic E-state index is 0.166. The number of hydrogen-bond acceptors (Lipinski definition) is 4. The molecule has 0 bridgehead atoms. The molecule has 0 fully saturated rings. The van der Waals surface area contributed by atoms with Crippen LogP contribution in [0.2, 0.25) is 0 Å². The predicted molar refractivity (Wildman–Crippen MR) is 83.7 cm³/mol. The number of carbonyl (C=O) groups is 3. The maximum absolute atomic E-state index is 12.1. The number of esters is 1. The first-order valence-corrected chi connectivity index (χ1v) is 6.92. The number of methoxy groups -OCH3 is 1. The minimum atomic E-state index is -0.557. The zero-order valence-corrected chi connectivity index (χ0v) is 13.6. The molecular weight excluding hydrogens is 284 g/mol. The number of rotatable bonds is 4.